The van der Waals surface area contributed by atoms with Crippen molar-refractivity contribution in [2.24, 2.45) is 4.99 Å². The van der Waals surface area contributed by atoms with E-state index in [1.807, 2.05) is 37.3 Å². The fraction of sp³-hybridized carbons (Fsp3) is 0.412. The lowest BCUT2D eigenvalue weighted by atomic mass is 10.3. The molecular formula is C17H21F3N4OS. The van der Waals surface area contributed by atoms with Crippen molar-refractivity contribution in [1.29, 1.82) is 0 Å². The predicted molar refractivity (Wildman–Crippen MR) is 96.7 cm³/mol. The highest BCUT2D eigenvalue weighted by molar-refractivity contribution is 7.09. The van der Waals surface area contributed by atoms with Gasteiger partial charge in [-0.2, -0.15) is 13.2 Å². The summed E-state index contributed by atoms with van der Waals surface area (Å²) in [7, 11) is 0. The van der Waals surface area contributed by atoms with Crippen LogP contribution in [0.4, 0.5) is 13.2 Å². The number of rotatable bonds is 8. The van der Waals surface area contributed by atoms with Crippen LogP contribution in [0.5, 0.6) is 5.75 Å². The molecule has 0 unspecified atom stereocenters. The number of aromatic nitrogens is 1. The van der Waals surface area contributed by atoms with Crippen LogP contribution in [0.15, 0.2) is 40.7 Å². The highest BCUT2D eigenvalue weighted by Gasteiger charge is 2.33. The molecule has 9 heteroatoms. The Morgan fingerprint density at radius 1 is 1.23 bits per heavy atom. The summed E-state index contributed by atoms with van der Waals surface area (Å²) < 4.78 is 43.2. The Morgan fingerprint density at radius 2 is 2.00 bits per heavy atom. The Kier molecular flexibility index (Phi) is 7.71. The quantitative estimate of drug-likeness (QED) is 0.415. The number of nitrogens with zero attached hydrogens (tertiary/aromatic N) is 2. The van der Waals surface area contributed by atoms with Gasteiger partial charge in [-0.3, -0.25) is 4.99 Å². The molecule has 5 nitrogen and oxygen atoms in total. The average Bonchev–Trinajstić information content (AvgIpc) is 3.09. The lowest BCUT2D eigenvalue weighted by molar-refractivity contribution is -0.140. The van der Waals surface area contributed by atoms with Crippen LogP contribution in [-0.2, 0) is 12.6 Å². The third-order valence-corrected chi connectivity index (χ3v) is 4.10. The second-order valence-electron chi connectivity index (χ2n) is 5.22. The zero-order chi connectivity index (χ0) is 18.8. The van der Waals surface area contributed by atoms with Gasteiger partial charge in [0.1, 0.15) is 12.4 Å². The van der Waals surface area contributed by atoms with E-state index < -0.39 is 11.9 Å². The molecule has 0 radical (unpaired) electrons. The minimum atomic E-state index is -4.40. The number of alkyl halides is 3. The van der Waals surface area contributed by atoms with E-state index in [-0.39, 0.29) is 0 Å². The molecule has 1 aromatic carbocycles. The van der Waals surface area contributed by atoms with E-state index in [0.29, 0.717) is 43.6 Å². The molecule has 2 N–H and O–H groups in total. The molecule has 1 aromatic heterocycles. The van der Waals surface area contributed by atoms with Crippen LogP contribution in [0.2, 0.25) is 0 Å². The number of benzene rings is 1. The maximum absolute atomic E-state index is 12.5. The van der Waals surface area contributed by atoms with Crippen LogP contribution >= 0.6 is 11.3 Å². The van der Waals surface area contributed by atoms with Crippen molar-refractivity contribution < 1.29 is 17.9 Å². The fourth-order valence-electron chi connectivity index (χ4n) is 2.02. The largest absolute Gasteiger partial charge is 0.492 e. The zero-order valence-electron chi connectivity index (χ0n) is 14.3. The van der Waals surface area contributed by atoms with Gasteiger partial charge in [-0.25, -0.2) is 4.98 Å². The molecule has 0 aliphatic rings. The Bertz CT molecular complexity index is 689. The number of hydrogen-bond acceptors (Lipinski definition) is 4. The number of nitrogens with one attached hydrogen (secondary N) is 2. The summed E-state index contributed by atoms with van der Waals surface area (Å²) in [6.07, 6.45) is -4.04. The van der Waals surface area contributed by atoms with Crippen LogP contribution in [0.25, 0.3) is 0 Å². The van der Waals surface area contributed by atoms with Crippen molar-refractivity contribution in [3.8, 4) is 5.75 Å². The van der Waals surface area contributed by atoms with E-state index in [1.54, 1.807) is 0 Å². The molecule has 0 spiro atoms. The molecule has 0 fully saturated rings. The van der Waals surface area contributed by atoms with Gasteiger partial charge in [0, 0.05) is 24.9 Å². The van der Waals surface area contributed by atoms with Crippen LogP contribution in [0.1, 0.15) is 17.6 Å². The van der Waals surface area contributed by atoms with Crippen molar-refractivity contribution in [1.82, 2.24) is 15.6 Å². The van der Waals surface area contributed by atoms with Crippen LogP contribution < -0.4 is 15.4 Å². The number of hydrogen-bond donors (Lipinski definition) is 2. The standard InChI is InChI=1S/C17H21F3N4OS/c1-2-21-16(23-10-11-25-13-6-4-3-5-7-13)22-9-8-15-24-14(12-26-15)17(18,19)20/h3-7,12H,2,8-11H2,1H3,(H2,21,22,23). The molecule has 0 aliphatic heterocycles. The highest BCUT2D eigenvalue weighted by Crippen LogP contribution is 2.30. The van der Waals surface area contributed by atoms with E-state index in [4.69, 9.17) is 4.74 Å². The van der Waals surface area contributed by atoms with E-state index in [0.717, 1.165) is 22.5 Å². The van der Waals surface area contributed by atoms with E-state index >= 15 is 0 Å². The first-order valence-electron chi connectivity index (χ1n) is 8.20. The molecule has 0 saturated heterocycles. The van der Waals surface area contributed by atoms with Crippen molar-refractivity contribution in [2.45, 2.75) is 19.5 Å². The van der Waals surface area contributed by atoms with E-state index in [2.05, 4.69) is 20.6 Å². The molecule has 26 heavy (non-hydrogen) atoms. The SMILES string of the molecule is CCNC(=NCCc1nc(C(F)(F)F)cs1)NCCOc1ccccc1. The summed E-state index contributed by atoms with van der Waals surface area (Å²) in [5.41, 5.74) is -0.843. The molecule has 0 bridgehead atoms. The molecule has 2 rings (SSSR count). The molecule has 1 heterocycles. The molecule has 2 aromatic rings. The first-order valence-corrected chi connectivity index (χ1v) is 9.08. The van der Waals surface area contributed by atoms with Gasteiger partial charge in [-0.1, -0.05) is 18.2 Å². The lowest BCUT2D eigenvalue weighted by Gasteiger charge is -2.12. The first kappa shape index (κ1) is 20.0. The predicted octanol–water partition coefficient (Wildman–Crippen LogP) is 3.34. The Balaban J connectivity index is 1.76. The van der Waals surface area contributed by atoms with Gasteiger partial charge in [0.05, 0.1) is 11.6 Å². The molecule has 0 saturated carbocycles. The van der Waals surface area contributed by atoms with Crippen molar-refractivity contribution in [3.63, 3.8) is 0 Å². The fourth-order valence-corrected chi connectivity index (χ4v) is 2.81. The highest BCUT2D eigenvalue weighted by atomic mass is 32.1. The van der Waals surface area contributed by atoms with Gasteiger partial charge in [0.2, 0.25) is 0 Å². The van der Waals surface area contributed by atoms with Crippen molar-refractivity contribution in [3.05, 3.63) is 46.4 Å². The van der Waals surface area contributed by atoms with Gasteiger partial charge in [-0.15, -0.1) is 11.3 Å². The summed E-state index contributed by atoms with van der Waals surface area (Å²) in [6, 6.07) is 9.47. The zero-order valence-corrected chi connectivity index (χ0v) is 15.2. The molecule has 0 amide bonds. The van der Waals surface area contributed by atoms with Gasteiger partial charge < -0.3 is 15.4 Å². The summed E-state index contributed by atoms with van der Waals surface area (Å²) in [4.78, 5) is 7.95. The maximum Gasteiger partial charge on any atom is 0.434 e. The molecule has 142 valence electrons. The molecular weight excluding hydrogens is 365 g/mol. The normalized spacial score (nSPS) is 12.1. The van der Waals surface area contributed by atoms with E-state index in [9.17, 15) is 13.2 Å². The van der Waals surface area contributed by atoms with E-state index in [1.165, 1.54) is 0 Å². The monoisotopic (exact) mass is 386 g/mol. The number of ether oxygens (including phenoxy) is 1. The summed E-state index contributed by atoms with van der Waals surface area (Å²) in [5.74, 6) is 1.39. The number of aliphatic imine (C=N–C) groups is 1. The third kappa shape index (κ3) is 6.91. The van der Waals surface area contributed by atoms with Crippen LogP contribution in [0, 0.1) is 0 Å². The number of guanidine groups is 1. The third-order valence-electron chi connectivity index (χ3n) is 3.19. The lowest BCUT2D eigenvalue weighted by Crippen LogP contribution is -2.39. The smallest absolute Gasteiger partial charge is 0.434 e. The minimum Gasteiger partial charge on any atom is -0.492 e. The second-order valence-corrected chi connectivity index (χ2v) is 6.17. The van der Waals surface area contributed by atoms with Crippen LogP contribution in [0.3, 0.4) is 0 Å². The second kappa shape index (κ2) is 10.0. The molecule has 0 aliphatic carbocycles. The van der Waals surface area contributed by atoms with Gasteiger partial charge in [0.15, 0.2) is 11.7 Å². The van der Waals surface area contributed by atoms with Crippen molar-refractivity contribution in [2.75, 3.05) is 26.2 Å². The summed E-state index contributed by atoms with van der Waals surface area (Å²) in [6.45, 7) is 3.99. The summed E-state index contributed by atoms with van der Waals surface area (Å²) in [5, 5.41) is 7.66. The summed E-state index contributed by atoms with van der Waals surface area (Å²) >= 11 is 0.999. The minimum absolute atomic E-state index is 0.347. The maximum atomic E-state index is 12.5. The van der Waals surface area contributed by atoms with Crippen molar-refractivity contribution >= 4 is 17.3 Å². The number of para-hydroxylation sites is 1. The topological polar surface area (TPSA) is 58.5 Å². The molecule has 0 atom stereocenters. The Morgan fingerprint density at radius 3 is 2.65 bits per heavy atom. The first-order chi connectivity index (χ1) is 12.5. The average molecular weight is 386 g/mol. The van der Waals surface area contributed by atoms with Gasteiger partial charge >= 0.3 is 6.18 Å². The Hall–Kier alpha value is -2.29. The Labute approximate surface area is 154 Å². The van der Waals surface area contributed by atoms with Gasteiger partial charge in [0.25, 0.3) is 0 Å². The number of halogens is 3. The number of thiazole rings is 1. The van der Waals surface area contributed by atoms with Gasteiger partial charge in [-0.05, 0) is 19.1 Å². The van der Waals surface area contributed by atoms with Crippen LogP contribution in [-0.4, -0.2) is 37.2 Å².